The second kappa shape index (κ2) is 8.56. The van der Waals surface area contributed by atoms with Crippen LogP contribution in [0.2, 0.25) is 0 Å². The van der Waals surface area contributed by atoms with Gasteiger partial charge in [-0.25, -0.2) is 0 Å². The van der Waals surface area contributed by atoms with E-state index >= 15 is 0 Å². The van der Waals surface area contributed by atoms with Gasteiger partial charge in [0.05, 0.1) is 50.8 Å². The maximum absolute atomic E-state index is 13.0. The van der Waals surface area contributed by atoms with Crippen molar-refractivity contribution in [3.05, 3.63) is 47.7 Å². The predicted octanol–water partition coefficient (Wildman–Crippen LogP) is 2.62. The first-order valence-electron chi connectivity index (χ1n) is 8.81. The molecule has 3 rings (SSSR count). The number of nitrogens with zero attached hydrogens (tertiary/aromatic N) is 1. The molecule has 0 fully saturated rings. The van der Waals surface area contributed by atoms with Crippen LogP contribution in [-0.4, -0.2) is 45.2 Å². The van der Waals surface area contributed by atoms with Gasteiger partial charge in [-0.15, -0.1) is 0 Å². The zero-order valence-electron chi connectivity index (χ0n) is 16.9. The second-order valence-corrected chi connectivity index (χ2v) is 6.16. The topological polar surface area (TPSA) is 122 Å². The highest BCUT2D eigenvalue weighted by Crippen LogP contribution is 2.36. The van der Waals surface area contributed by atoms with E-state index in [1.165, 1.54) is 34.6 Å². The molecule has 3 N–H and O–H groups in total. The standard InChI is InChI=1S/C21H21N3O6/c1-27-11-5-6-12(16(7-11)28-2)21(26)24-19-13-8-17(29-3)18(30-4)9-15(13)23-10-14(19)20(22)25/h5-10H,1-4H3,(H2,22,25)(H,23,24,26). The summed E-state index contributed by atoms with van der Waals surface area (Å²) in [5.74, 6) is 0.470. The third-order valence-corrected chi connectivity index (χ3v) is 4.53. The Hall–Kier alpha value is -4.01. The van der Waals surface area contributed by atoms with E-state index in [0.29, 0.717) is 33.9 Å². The Morgan fingerprint density at radius 3 is 2.13 bits per heavy atom. The SMILES string of the molecule is COc1ccc(C(=O)Nc2c(C(N)=O)cnc3cc(OC)c(OC)cc23)c(OC)c1. The van der Waals surface area contributed by atoms with Gasteiger partial charge < -0.3 is 30.0 Å². The van der Waals surface area contributed by atoms with Crippen LogP contribution in [0.15, 0.2) is 36.5 Å². The lowest BCUT2D eigenvalue weighted by molar-refractivity contribution is 0.100. The van der Waals surface area contributed by atoms with Crippen LogP contribution in [0.4, 0.5) is 5.69 Å². The van der Waals surface area contributed by atoms with Gasteiger partial charge in [-0.3, -0.25) is 14.6 Å². The summed E-state index contributed by atoms with van der Waals surface area (Å²) in [4.78, 5) is 29.3. The van der Waals surface area contributed by atoms with Crippen molar-refractivity contribution in [2.75, 3.05) is 33.8 Å². The van der Waals surface area contributed by atoms with Crippen molar-refractivity contribution < 1.29 is 28.5 Å². The fraction of sp³-hybridized carbons (Fsp3) is 0.190. The van der Waals surface area contributed by atoms with Crippen LogP contribution >= 0.6 is 0 Å². The number of amides is 2. The minimum atomic E-state index is -0.740. The van der Waals surface area contributed by atoms with Gasteiger partial charge in [0.2, 0.25) is 0 Å². The molecule has 0 spiro atoms. The van der Waals surface area contributed by atoms with E-state index in [1.54, 1.807) is 30.3 Å². The summed E-state index contributed by atoms with van der Waals surface area (Å²) >= 11 is 0. The molecule has 0 aliphatic rings. The lowest BCUT2D eigenvalue weighted by Crippen LogP contribution is -2.19. The van der Waals surface area contributed by atoms with E-state index in [0.717, 1.165) is 0 Å². The van der Waals surface area contributed by atoms with Gasteiger partial charge in [-0.05, 0) is 18.2 Å². The molecule has 0 aliphatic carbocycles. The number of primary amides is 1. The molecular formula is C21H21N3O6. The number of fused-ring (bicyclic) bond motifs is 1. The van der Waals surface area contributed by atoms with Crippen LogP contribution in [0.5, 0.6) is 23.0 Å². The summed E-state index contributed by atoms with van der Waals surface area (Å²) < 4.78 is 21.1. The first-order valence-corrected chi connectivity index (χ1v) is 8.81. The predicted molar refractivity (Wildman–Crippen MR) is 111 cm³/mol. The number of benzene rings is 2. The molecule has 9 heteroatoms. The number of methoxy groups -OCH3 is 4. The quantitative estimate of drug-likeness (QED) is 0.613. The van der Waals surface area contributed by atoms with Crippen LogP contribution in [0, 0.1) is 0 Å². The molecule has 2 aromatic carbocycles. The van der Waals surface area contributed by atoms with Gasteiger partial charge in [-0.2, -0.15) is 0 Å². The molecule has 3 aromatic rings. The number of nitrogens with two attached hydrogens (primary N) is 1. The molecular weight excluding hydrogens is 390 g/mol. The Labute approximate surface area is 172 Å². The van der Waals surface area contributed by atoms with Crippen LogP contribution in [0.1, 0.15) is 20.7 Å². The average Bonchev–Trinajstić information content (AvgIpc) is 2.77. The molecule has 1 heterocycles. The number of carbonyl (C=O) groups is 2. The van der Waals surface area contributed by atoms with E-state index in [4.69, 9.17) is 24.7 Å². The highest BCUT2D eigenvalue weighted by molar-refractivity contribution is 6.15. The second-order valence-electron chi connectivity index (χ2n) is 6.16. The lowest BCUT2D eigenvalue weighted by atomic mass is 10.1. The van der Waals surface area contributed by atoms with Crippen molar-refractivity contribution in [1.82, 2.24) is 4.98 Å². The first kappa shape index (κ1) is 20.7. The lowest BCUT2D eigenvalue weighted by Gasteiger charge is -2.16. The largest absolute Gasteiger partial charge is 0.497 e. The maximum atomic E-state index is 13.0. The zero-order chi connectivity index (χ0) is 21.8. The fourth-order valence-electron chi connectivity index (χ4n) is 3.01. The van der Waals surface area contributed by atoms with Gasteiger partial charge in [0.25, 0.3) is 11.8 Å². The number of ether oxygens (including phenoxy) is 4. The molecule has 1 aromatic heterocycles. The smallest absolute Gasteiger partial charge is 0.259 e. The van der Waals surface area contributed by atoms with E-state index in [-0.39, 0.29) is 16.8 Å². The third kappa shape index (κ3) is 3.77. The monoisotopic (exact) mass is 411 g/mol. The number of anilines is 1. The molecule has 9 nitrogen and oxygen atoms in total. The van der Waals surface area contributed by atoms with Crippen molar-refractivity contribution in [2.45, 2.75) is 0 Å². The number of rotatable bonds is 7. The Morgan fingerprint density at radius 2 is 1.53 bits per heavy atom. The third-order valence-electron chi connectivity index (χ3n) is 4.53. The molecule has 2 amide bonds. The number of pyridine rings is 1. The van der Waals surface area contributed by atoms with Gasteiger partial charge in [0, 0.05) is 23.7 Å². The number of carbonyl (C=O) groups excluding carboxylic acids is 2. The molecule has 156 valence electrons. The van der Waals surface area contributed by atoms with E-state index in [9.17, 15) is 9.59 Å². The van der Waals surface area contributed by atoms with Crippen molar-refractivity contribution in [3.63, 3.8) is 0 Å². The summed E-state index contributed by atoms with van der Waals surface area (Å²) in [5.41, 5.74) is 6.50. The van der Waals surface area contributed by atoms with Crippen LogP contribution in [0.25, 0.3) is 10.9 Å². The summed E-state index contributed by atoms with van der Waals surface area (Å²) in [7, 11) is 5.94. The van der Waals surface area contributed by atoms with Gasteiger partial charge in [-0.1, -0.05) is 0 Å². The molecule has 0 saturated carbocycles. The zero-order valence-corrected chi connectivity index (χ0v) is 16.9. The number of hydrogen-bond acceptors (Lipinski definition) is 7. The minimum absolute atomic E-state index is 0.0514. The first-order chi connectivity index (χ1) is 14.4. The molecule has 0 radical (unpaired) electrons. The van der Waals surface area contributed by atoms with Crippen molar-refractivity contribution in [3.8, 4) is 23.0 Å². The number of hydrogen-bond donors (Lipinski definition) is 2. The fourth-order valence-corrected chi connectivity index (χ4v) is 3.01. The Morgan fingerprint density at radius 1 is 0.867 bits per heavy atom. The van der Waals surface area contributed by atoms with Crippen LogP contribution in [0.3, 0.4) is 0 Å². The van der Waals surface area contributed by atoms with Gasteiger partial charge >= 0.3 is 0 Å². The van der Waals surface area contributed by atoms with E-state index in [1.807, 2.05) is 0 Å². The Bertz CT molecular complexity index is 1130. The summed E-state index contributed by atoms with van der Waals surface area (Å²) in [6.07, 6.45) is 1.30. The normalized spacial score (nSPS) is 10.4. The summed E-state index contributed by atoms with van der Waals surface area (Å²) in [5, 5.41) is 3.22. The van der Waals surface area contributed by atoms with E-state index < -0.39 is 11.8 Å². The number of aromatic nitrogens is 1. The average molecular weight is 411 g/mol. The van der Waals surface area contributed by atoms with Crippen LogP contribution < -0.4 is 30.0 Å². The summed E-state index contributed by atoms with van der Waals surface area (Å²) in [6.45, 7) is 0. The molecule has 0 atom stereocenters. The van der Waals surface area contributed by atoms with Crippen molar-refractivity contribution in [2.24, 2.45) is 5.73 Å². The molecule has 0 saturated heterocycles. The van der Waals surface area contributed by atoms with Gasteiger partial charge in [0.15, 0.2) is 11.5 Å². The Balaban J connectivity index is 2.15. The molecule has 0 bridgehead atoms. The molecule has 0 unspecified atom stereocenters. The van der Waals surface area contributed by atoms with Crippen molar-refractivity contribution in [1.29, 1.82) is 0 Å². The molecule has 30 heavy (non-hydrogen) atoms. The van der Waals surface area contributed by atoms with Gasteiger partial charge in [0.1, 0.15) is 11.5 Å². The maximum Gasteiger partial charge on any atom is 0.259 e. The molecule has 0 aliphatic heterocycles. The summed E-state index contributed by atoms with van der Waals surface area (Å²) in [6, 6.07) is 8.04. The minimum Gasteiger partial charge on any atom is -0.497 e. The Kier molecular flexibility index (Phi) is 5.91. The number of nitrogens with one attached hydrogen (secondary N) is 1. The highest BCUT2D eigenvalue weighted by atomic mass is 16.5. The highest BCUT2D eigenvalue weighted by Gasteiger charge is 2.21. The van der Waals surface area contributed by atoms with E-state index in [2.05, 4.69) is 10.3 Å². The van der Waals surface area contributed by atoms with Crippen molar-refractivity contribution >= 4 is 28.4 Å². The van der Waals surface area contributed by atoms with Crippen LogP contribution in [-0.2, 0) is 0 Å².